The van der Waals surface area contributed by atoms with Crippen LogP contribution in [0.1, 0.15) is 57.3 Å². The van der Waals surface area contributed by atoms with Crippen LogP contribution >= 0.6 is 0 Å². The molecule has 0 aliphatic heterocycles. The maximum atomic E-state index is 4.43. The van der Waals surface area contributed by atoms with Crippen LogP contribution in [-0.2, 0) is 7.05 Å². The molecule has 4 atom stereocenters. The lowest BCUT2D eigenvalue weighted by Crippen LogP contribution is -2.40. The lowest BCUT2D eigenvalue weighted by atomic mass is 9.79. The van der Waals surface area contributed by atoms with Crippen molar-refractivity contribution in [2.45, 2.75) is 59.0 Å². The van der Waals surface area contributed by atoms with E-state index in [0.29, 0.717) is 12.1 Å². The fourth-order valence-electron chi connectivity index (χ4n) is 3.37. The van der Waals surface area contributed by atoms with Gasteiger partial charge in [0, 0.05) is 30.9 Å². The van der Waals surface area contributed by atoms with Gasteiger partial charge in [-0.1, -0.05) is 13.8 Å². The summed E-state index contributed by atoms with van der Waals surface area (Å²) in [5.41, 5.74) is 2.48. The van der Waals surface area contributed by atoms with Crippen LogP contribution in [0, 0.1) is 18.8 Å². The lowest BCUT2D eigenvalue weighted by molar-refractivity contribution is 0.216. The molecule has 4 unspecified atom stereocenters. The molecule has 1 heterocycles. The Morgan fingerprint density at radius 3 is 2.67 bits per heavy atom. The molecule has 18 heavy (non-hydrogen) atoms. The largest absolute Gasteiger partial charge is 0.307 e. The van der Waals surface area contributed by atoms with E-state index in [1.807, 2.05) is 11.7 Å². The van der Waals surface area contributed by atoms with E-state index in [1.54, 1.807) is 0 Å². The zero-order valence-electron chi connectivity index (χ0n) is 12.4. The minimum atomic E-state index is 0.402. The normalized spacial score (nSPS) is 30.4. The van der Waals surface area contributed by atoms with Crippen molar-refractivity contribution in [3.63, 3.8) is 0 Å². The molecule has 1 N–H and O–H groups in total. The van der Waals surface area contributed by atoms with E-state index in [0.717, 1.165) is 17.5 Å². The van der Waals surface area contributed by atoms with Crippen LogP contribution in [0.4, 0.5) is 0 Å². The highest BCUT2D eigenvalue weighted by Gasteiger charge is 2.27. The van der Waals surface area contributed by atoms with Crippen molar-refractivity contribution in [2.75, 3.05) is 0 Å². The molecule has 1 aliphatic carbocycles. The summed E-state index contributed by atoms with van der Waals surface area (Å²) in [5, 5.41) is 8.24. The lowest BCUT2D eigenvalue weighted by Gasteiger charge is -2.35. The van der Waals surface area contributed by atoms with Crippen LogP contribution in [0.25, 0.3) is 0 Å². The zero-order chi connectivity index (χ0) is 13.3. The van der Waals surface area contributed by atoms with Gasteiger partial charge < -0.3 is 5.32 Å². The monoisotopic (exact) mass is 249 g/mol. The average Bonchev–Trinajstić information content (AvgIpc) is 2.62. The molecule has 0 bridgehead atoms. The topological polar surface area (TPSA) is 29.9 Å². The summed E-state index contributed by atoms with van der Waals surface area (Å²) in [4.78, 5) is 0. The number of aromatic nitrogens is 2. The van der Waals surface area contributed by atoms with Crippen LogP contribution in [0.15, 0.2) is 6.20 Å². The summed E-state index contributed by atoms with van der Waals surface area (Å²) in [5.74, 6) is 1.68. The first-order valence-corrected chi connectivity index (χ1v) is 7.23. The summed E-state index contributed by atoms with van der Waals surface area (Å²) >= 11 is 0. The highest BCUT2D eigenvalue weighted by atomic mass is 15.3. The number of aryl methyl sites for hydroxylation is 2. The van der Waals surface area contributed by atoms with E-state index >= 15 is 0 Å². The highest BCUT2D eigenvalue weighted by Crippen LogP contribution is 2.30. The molecular formula is C15H27N3. The third-order valence-corrected chi connectivity index (χ3v) is 4.41. The summed E-state index contributed by atoms with van der Waals surface area (Å²) in [6, 6.07) is 1.07. The quantitative estimate of drug-likeness (QED) is 0.891. The van der Waals surface area contributed by atoms with Crippen molar-refractivity contribution < 1.29 is 0 Å². The van der Waals surface area contributed by atoms with E-state index in [1.165, 1.54) is 24.8 Å². The van der Waals surface area contributed by atoms with E-state index in [2.05, 4.69) is 44.3 Å². The van der Waals surface area contributed by atoms with Crippen LogP contribution < -0.4 is 5.32 Å². The molecular weight excluding hydrogens is 222 g/mol. The Kier molecular flexibility index (Phi) is 4.10. The Labute approximate surface area is 111 Å². The third-order valence-electron chi connectivity index (χ3n) is 4.41. The van der Waals surface area contributed by atoms with Crippen LogP contribution in [0.5, 0.6) is 0 Å². The van der Waals surface area contributed by atoms with Crippen molar-refractivity contribution in [1.82, 2.24) is 15.1 Å². The molecule has 0 radical (unpaired) electrons. The minimum Gasteiger partial charge on any atom is -0.307 e. The van der Waals surface area contributed by atoms with Gasteiger partial charge in [0.15, 0.2) is 0 Å². The third kappa shape index (κ3) is 2.94. The molecule has 2 rings (SSSR count). The molecule has 1 aromatic heterocycles. The smallest absolute Gasteiger partial charge is 0.0641 e. The molecule has 0 spiro atoms. The van der Waals surface area contributed by atoms with Gasteiger partial charge in [-0.2, -0.15) is 5.10 Å². The molecule has 1 aliphatic rings. The number of nitrogens with zero attached hydrogens (tertiary/aromatic N) is 2. The first kappa shape index (κ1) is 13.6. The molecule has 3 heteroatoms. The Morgan fingerprint density at radius 2 is 2.11 bits per heavy atom. The molecule has 0 amide bonds. The highest BCUT2D eigenvalue weighted by molar-refractivity contribution is 5.19. The number of nitrogens with one attached hydrogen (secondary N) is 1. The van der Waals surface area contributed by atoms with Gasteiger partial charge in [0.2, 0.25) is 0 Å². The number of rotatable bonds is 3. The molecule has 1 fully saturated rings. The van der Waals surface area contributed by atoms with Crippen LogP contribution in [-0.4, -0.2) is 15.8 Å². The van der Waals surface area contributed by atoms with Crippen molar-refractivity contribution in [3.8, 4) is 0 Å². The second-order valence-corrected chi connectivity index (χ2v) is 6.23. The summed E-state index contributed by atoms with van der Waals surface area (Å²) in [6.45, 7) is 9.12. The number of hydrogen-bond acceptors (Lipinski definition) is 2. The van der Waals surface area contributed by atoms with Gasteiger partial charge in [-0.3, -0.25) is 4.68 Å². The van der Waals surface area contributed by atoms with Gasteiger partial charge in [0.25, 0.3) is 0 Å². The average molecular weight is 249 g/mol. The second kappa shape index (κ2) is 5.43. The first-order valence-electron chi connectivity index (χ1n) is 7.23. The Hall–Kier alpha value is -0.830. The molecule has 1 saturated carbocycles. The predicted molar refractivity (Wildman–Crippen MR) is 75.5 cm³/mol. The van der Waals surface area contributed by atoms with Gasteiger partial charge in [-0.25, -0.2) is 0 Å². The second-order valence-electron chi connectivity index (χ2n) is 6.23. The molecule has 1 aromatic rings. The van der Waals surface area contributed by atoms with E-state index in [-0.39, 0.29) is 0 Å². The minimum absolute atomic E-state index is 0.402. The molecule has 102 valence electrons. The summed E-state index contributed by atoms with van der Waals surface area (Å²) < 4.78 is 1.91. The molecule has 0 aromatic carbocycles. The van der Waals surface area contributed by atoms with Gasteiger partial charge in [0.1, 0.15) is 0 Å². The fraction of sp³-hybridized carbons (Fsp3) is 0.800. The van der Waals surface area contributed by atoms with Crippen molar-refractivity contribution in [2.24, 2.45) is 18.9 Å². The number of hydrogen-bond donors (Lipinski definition) is 1. The fourth-order valence-corrected chi connectivity index (χ4v) is 3.37. The van der Waals surface area contributed by atoms with Gasteiger partial charge in [-0.15, -0.1) is 0 Å². The zero-order valence-corrected chi connectivity index (χ0v) is 12.4. The Bertz CT molecular complexity index is 396. The maximum absolute atomic E-state index is 4.43. The van der Waals surface area contributed by atoms with E-state index < -0.39 is 0 Å². The van der Waals surface area contributed by atoms with Crippen molar-refractivity contribution in [1.29, 1.82) is 0 Å². The SMILES string of the molecule is Cc1nn(C)cc1C(C)NC1CCC(C)CC1C. The Balaban J connectivity index is 1.99. The van der Waals surface area contributed by atoms with Crippen molar-refractivity contribution in [3.05, 3.63) is 17.5 Å². The van der Waals surface area contributed by atoms with Gasteiger partial charge in [0.05, 0.1) is 5.69 Å². The first-order chi connectivity index (χ1) is 8.47. The molecule has 3 nitrogen and oxygen atoms in total. The molecule has 0 saturated heterocycles. The predicted octanol–water partition coefficient (Wildman–Crippen LogP) is 3.20. The summed E-state index contributed by atoms with van der Waals surface area (Å²) in [7, 11) is 1.99. The van der Waals surface area contributed by atoms with Crippen LogP contribution in [0.2, 0.25) is 0 Å². The van der Waals surface area contributed by atoms with E-state index in [9.17, 15) is 0 Å². The maximum Gasteiger partial charge on any atom is 0.0641 e. The van der Waals surface area contributed by atoms with Crippen molar-refractivity contribution >= 4 is 0 Å². The van der Waals surface area contributed by atoms with E-state index in [4.69, 9.17) is 0 Å². The summed E-state index contributed by atoms with van der Waals surface area (Å²) in [6.07, 6.45) is 6.17. The van der Waals surface area contributed by atoms with Crippen LogP contribution in [0.3, 0.4) is 0 Å². The van der Waals surface area contributed by atoms with Gasteiger partial charge >= 0.3 is 0 Å². The standard InChI is InChI=1S/C15H27N3/c1-10-6-7-15(11(2)8-10)16-12(3)14-9-18(5)17-13(14)4/h9-12,15-16H,6-8H2,1-5H3. The Morgan fingerprint density at radius 1 is 1.39 bits per heavy atom. The van der Waals surface area contributed by atoms with Gasteiger partial charge in [-0.05, 0) is 44.9 Å².